The van der Waals surface area contributed by atoms with Gasteiger partial charge in [0.25, 0.3) is 5.91 Å². The van der Waals surface area contributed by atoms with Gasteiger partial charge in [0.2, 0.25) is 5.88 Å². The van der Waals surface area contributed by atoms with Crippen LogP contribution in [-0.2, 0) is 6.42 Å². The second-order valence-corrected chi connectivity index (χ2v) is 6.29. The second kappa shape index (κ2) is 6.23. The minimum Gasteiger partial charge on any atom is -0.475 e. The number of anilines is 3. The van der Waals surface area contributed by atoms with Crippen molar-refractivity contribution in [1.82, 2.24) is 9.97 Å². The molecule has 0 unspecified atom stereocenters. The zero-order valence-corrected chi connectivity index (χ0v) is 14.2. The van der Waals surface area contributed by atoms with Crippen LogP contribution in [0.25, 0.3) is 0 Å². The van der Waals surface area contributed by atoms with E-state index in [1.54, 1.807) is 4.90 Å². The fraction of sp³-hybridized carbons (Fsp3) is 0.389. The fourth-order valence-electron chi connectivity index (χ4n) is 3.54. The molecule has 2 N–H and O–H groups in total. The van der Waals surface area contributed by atoms with Gasteiger partial charge in [0.05, 0.1) is 6.54 Å². The smallest absolute Gasteiger partial charge is 0.267 e. The third kappa shape index (κ3) is 2.65. The zero-order chi connectivity index (χ0) is 17.4. The third-order valence-corrected chi connectivity index (χ3v) is 4.71. The molecule has 2 aromatic rings. The number of hydrogen-bond acceptors (Lipinski definition) is 6. The highest BCUT2D eigenvalue weighted by atomic mass is 16.5. The Morgan fingerprint density at radius 1 is 1.28 bits per heavy atom. The van der Waals surface area contributed by atoms with Crippen LogP contribution < -0.4 is 20.3 Å². The maximum atomic E-state index is 13.0. The number of hydrogen-bond donors (Lipinski definition) is 1. The van der Waals surface area contributed by atoms with E-state index in [-0.39, 0.29) is 23.2 Å². The summed E-state index contributed by atoms with van der Waals surface area (Å²) >= 11 is 0. The highest BCUT2D eigenvalue weighted by Crippen LogP contribution is 2.33. The van der Waals surface area contributed by atoms with E-state index in [0.717, 1.165) is 31.6 Å². The number of nitrogens with two attached hydrogens (primary N) is 1. The van der Waals surface area contributed by atoms with Crippen LogP contribution in [0.1, 0.15) is 29.3 Å². The molecule has 25 heavy (non-hydrogen) atoms. The van der Waals surface area contributed by atoms with Gasteiger partial charge in [-0.2, -0.15) is 0 Å². The van der Waals surface area contributed by atoms with Crippen LogP contribution >= 0.6 is 0 Å². The van der Waals surface area contributed by atoms with Crippen LogP contribution in [0.4, 0.5) is 17.2 Å². The number of nitrogens with zero attached hydrogens (tertiary/aromatic N) is 4. The van der Waals surface area contributed by atoms with Gasteiger partial charge in [-0.05, 0) is 36.6 Å². The quantitative estimate of drug-likeness (QED) is 0.919. The molecule has 0 bridgehead atoms. The van der Waals surface area contributed by atoms with Crippen molar-refractivity contribution in [2.75, 3.05) is 41.8 Å². The van der Waals surface area contributed by atoms with Crippen molar-refractivity contribution in [2.45, 2.75) is 19.8 Å². The van der Waals surface area contributed by atoms with Crippen molar-refractivity contribution in [1.29, 1.82) is 0 Å². The number of amides is 1. The van der Waals surface area contributed by atoms with Gasteiger partial charge in [-0.15, -0.1) is 0 Å². The van der Waals surface area contributed by atoms with E-state index in [9.17, 15) is 4.79 Å². The van der Waals surface area contributed by atoms with E-state index in [1.165, 1.54) is 17.6 Å². The van der Waals surface area contributed by atoms with Gasteiger partial charge in [-0.25, -0.2) is 9.97 Å². The van der Waals surface area contributed by atoms with Gasteiger partial charge >= 0.3 is 0 Å². The number of nitrogen functional groups attached to an aromatic ring is 1. The van der Waals surface area contributed by atoms with Gasteiger partial charge in [0.1, 0.15) is 24.3 Å². The maximum absolute atomic E-state index is 13.0. The topological polar surface area (TPSA) is 84.6 Å². The summed E-state index contributed by atoms with van der Waals surface area (Å²) in [5.74, 6) is 0.196. The number of carbonyl (C=O) groups excluding carboxylic acids is 1. The first-order valence-corrected chi connectivity index (χ1v) is 8.62. The van der Waals surface area contributed by atoms with E-state index in [0.29, 0.717) is 13.2 Å². The number of fused-ring (bicyclic) bond motifs is 2. The fourth-order valence-corrected chi connectivity index (χ4v) is 3.54. The van der Waals surface area contributed by atoms with Gasteiger partial charge < -0.3 is 20.3 Å². The van der Waals surface area contributed by atoms with Gasteiger partial charge in [0, 0.05) is 24.5 Å². The Kier molecular flexibility index (Phi) is 3.91. The Bertz CT molecular complexity index is 823. The average molecular weight is 339 g/mol. The lowest BCUT2D eigenvalue weighted by atomic mass is 10.1. The molecule has 0 saturated carbocycles. The molecule has 0 saturated heterocycles. The van der Waals surface area contributed by atoms with Crippen molar-refractivity contribution < 1.29 is 9.53 Å². The lowest BCUT2D eigenvalue weighted by Gasteiger charge is -2.22. The molecule has 7 nitrogen and oxygen atoms in total. The first-order chi connectivity index (χ1) is 12.2. The molecular weight excluding hydrogens is 318 g/mol. The standard InChI is InChI=1S/C18H21N5O2/c1-2-6-22-7-5-12-10-13(3-4-14(12)22)23-8-9-25-17-15(18(23)24)16(19)20-11-21-17/h3-4,10-11H,2,5-9H2,1H3,(H2,19,20,21). The maximum Gasteiger partial charge on any atom is 0.267 e. The highest BCUT2D eigenvalue weighted by Gasteiger charge is 2.29. The largest absolute Gasteiger partial charge is 0.475 e. The number of carbonyl (C=O) groups is 1. The van der Waals surface area contributed by atoms with Crippen LogP contribution in [0.5, 0.6) is 5.88 Å². The molecule has 1 amide bonds. The average Bonchev–Trinajstić information content (AvgIpc) is 2.92. The zero-order valence-electron chi connectivity index (χ0n) is 14.2. The van der Waals surface area contributed by atoms with E-state index >= 15 is 0 Å². The Labute approximate surface area is 146 Å². The van der Waals surface area contributed by atoms with Gasteiger partial charge in [-0.1, -0.05) is 6.92 Å². The Morgan fingerprint density at radius 2 is 2.16 bits per heavy atom. The summed E-state index contributed by atoms with van der Waals surface area (Å²) in [4.78, 5) is 25.1. The summed E-state index contributed by atoms with van der Waals surface area (Å²) < 4.78 is 5.59. The lowest BCUT2D eigenvalue weighted by molar-refractivity contribution is 0.0990. The van der Waals surface area contributed by atoms with Crippen LogP contribution in [0.2, 0.25) is 0 Å². The number of ether oxygens (including phenoxy) is 1. The molecule has 0 atom stereocenters. The highest BCUT2D eigenvalue weighted by molar-refractivity contribution is 6.10. The van der Waals surface area contributed by atoms with Crippen molar-refractivity contribution in [3.05, 3.63) is 35.7 Å². The predicted molar refractivity (Wildman–Crippen MR) is 96.3 cm³/mol. The van der Waals surface area contributed by atoms with E-state index in [4.69, 9.17) is 10.5 Å². The lowest BCUT2D eigenvalue weighted by Crippen LogP contribution is -2.32. The molecule has 130 valence electrons. The van der Waals surface area contributed by atoms with E-state index < -0.39 is 0 Å². The van der Waals surface area contributed by atoms with Crippen LogP contribution in [0.15, 0.2) is 24.5 Å². The van der Waals surface area contributed by atoms with Crippen molar-refractivity contribution >= 4 is 23.1 Å². The normalized spacial score (nSPS) is 16.3. The summed E-state index contributed by atoms with van der Waals surface area (Å²) in [7, 11) is 0. The molecule has 0 spiro atoms. The molecule has 7 heteroatoms. The van der Waals surface area contributed by atoms with Crippen molar-refractivity contribution in [3.63, 3.8) is 0 Å². The monoisotopic (exact) mass is 339 g/mol. The summed E-state index contributed by atoms with van der Waals surface area (Å²) in [5, 5.41) is 0. The molecule has 0 fully saturated rings. The Balaban J connectivity index is 1.69. The van der Waals surface area contributed by atoms with Gasteiger partial charge in [0.15, 0.2) is 0 Å². The number of benzene rings is 1. The molecule has 2 aliphatic rings. The SMILES string of the molecule is CCCN1CCc2cc(N3CCOc4ncnc(N)c4C3=O)ccc21. The van der Waals surface area contributed by atoms with E-state index in [1.807, 2.05) is 6.07 Å². The summed E-state index contributed by atoms with van der Waals surface area (Å²) in [5.41, 5.74) is 9.55. The number of aromatic nitrogens is 2. The van der Waals surface area contributed by atoms with Crippen molar-refractivity contribution in [2.24, 2.45) is 0 Å². The first-order valence-electron chi connectivity index (χ1n) is 8.62. The van der Waals surface area contributed by atoms with Crippen LogP contribution in [-0.4, -0.2) is 42.1 Å². The molecule has 4 rings (SSSR count). The summed E-state index contributed by atoms with van der Waals surface area (Å²) in [6.07, 6.45) is 3.44. The first kappa shape index (κ1) is 15.7. The van der Waals surface area contributed by atoms with Gasteiger partial charge in [-0.3, -0.25) is 4.79 Å². The van der Waals surface area contributed by atoms with Crippen LogP contribution in [0.3, 0.4) is 0 Å². The molecule has 0 aliphatic carbocycles. The minimum atomic E-state index is -0.214. The molecule has 0 radical (unpaired) electrons. The third-order valence-electron chi connectivity index (χ3n) is 4.71. The molecule has 3 heterocycles. The predicted octanol–water partition coefficient (Wildman–Crippen LogP) is 1.87. The number of rotatable bonds is 3. The Hall–Kier alpha value is -2.83. The summed E-state index contributed by atoms with van der Waals surface area (Å²) in [6.45, 7) is 5.10. The minimum absolute atomic E-state index is 0.150. The Morgan fingerprint density at radius 3 is 3.00 bits per heavy atom. The molecule has 1 aromatic heterocycles. The molecule has 1 aromatic carbocycles. The van der Waals surface area contributed by atoms with Crippen LogP contribution in [0, 0.1) is 0 Å². The second-order valence-electron chi connectivity index (χ2n) is 6.29. The summed E-state index contributed by atoms with van der Waals surface area (Å²) in [6, 6.07) is 6.21. The van der Waals surface area contributed by atoms with Crippen molar-refractivity contribution in [3.8, 4) is 5.88 Å². The van der Waals surface area contributed by atoms with E-state index in [2.05, 4.69) is 33.9 Å². The molecular formula is C18H21N5O2. The molecule has 2 aliphatic heterocycles.